The van der Waals surface area contributed by atoms with Crippen molar-refractivity contribution < 1.29 is 19.4 Å². The van der Waals surface area contributed by atoms with Crippen LogP contribution in [-0.2, 0) is 20.9 Å². The van der Waals surface area contributed by atoms with Crippen LogP contribution in [0, 0.1) is 0 Å². The lowest BCUT2D eigenvalue weighted by atomic mass is 10.0. The monoisotopic (exact) mass is 252 g/mol. The molecule has 0 aliphatic heterocycles. The molecule has 1 aromatic carbocycles. The first-order valence-electron chi connectivity index (χ1n) is 6.04. The number of rotatable bonds is 7. The molecule has 0 aliphatic carbocycles. The quantitative estimate of drug-likeness (QED) is 0.753. The number of hydrogen-bond acceptors (Lipinski definition) is 4. The molecule has 0 unspecified atom stereocenters. The molecular weight excluding hydrogens is 232 g/mol. The fraction of sp³-hybridized carbons (Fsp3) is 0.500. The van der Waals surface area contributed by atoms with Crippen molar-refractivity contribution in [3.63, 3.8) is 0 Å². The Labute approximate surface area is 108 Å². The lowest BCUT2D eigenvalue weighted by molar-refractivity contribution is -0.161. The number of ether oxygens (including phenoxy) is 2. The van der Waals surface area contributed by atoms with Gasteiger partial charge in [-0.3, -0.25) is 4.79 Å². The summed E-state index contributed by atoms with van der Waals surface area (Å²) < 4.78 is 10.7. The first-order chi connectivity index (χ1) is 8.62. The van der Waals surface area contributed by atoms with Crippen molar-refractivity contribution in [2.45, 2.75) is 32.5 Å². The predicted octanol–water partition coefficient (Wildman–Crippen LogP) is 1.91. The van der Waals surface area contributed by atoms with E-state index in [0.717, 1.165) is 5.56 Å². The summed E-state index contributed by atoms with van der Waals surface area (Å²) in [4.78, 5) is 10.8. The van der Waals surface area contributed by atoms with Crippen LogP contribution in [0.2, 0.25) is 0 Å². The van der Waals surface area contributed by atoms with Crippen LogP contribution < -0.4 is 0 Å². The molecule has 4 heteroatoms. The standard InChI is InChI=1S/C14H20O4/c1-3-14(10-15,11-17-12(2)16)18-9-13-7-5-4-6-8-13/h4-8,15H,3,9-11H2,1-2H3/t14-/m1/s1. The smallest absolute Gasteiger partial charge is 0.302 e. The molecule has 0 heterocycles. The summed E-state index contributed by atoms with van der Waals surface area (Å²) in [5.74, 6) is -0.371. The minimum Gasteiger partial charge on any atom is -0.463 e. The molecule has 0 aromatic heterocycles. The van der Waals surface area contributed by atoms with Gasteiger partial charge in [-0.25, -0.2) is 0 Å². The average Bonchev–Trinajstić information content (AvgIpc) is 2.41. The summed E-state index contributed by atoms with van der Waals surface area (Å²) >= 11 is 0. The Balaban J connectivity index is 2.59. The fourth-order valence-electron chi connectivity index (χ4n) is 1.49. The minimum absolute atomic E-state index is 0.0716. The van der Waals surface area contributed by atoms with Gasteiger partial charge in [0.1, 0.15) is 12.2 Å². The third kappa shape index (κ3) is 4.47. The summed E-state index contributed by atoms with van der Waals surface area (Å²) in [6.07, 6.45) is 0.573. The van der Waals surface area contributed by atoms with E-state index < -0.39 is 5.60 Å². The van der Waals surface area contributed by atoms with Crippen LogP contribution in [0.5, 0.6) is 0 Å². The topological polar surface area (TPSA) is 55.8 Å². The number of carbonyl (C=O) groups excluding carboxylic acids is 1. The van der Waals surface area contributed by atoms with Crippen molar-refractivity contribution in [1.29, 1.82) is 0 Å². The maximum absolute atomic E-state index is 10.8. The lowest BCUT2D eigenvalue weighted by Gasteiger charge is -2.30. The zero-order valence-electron chi connectivity index (χ0n) is 10.9. The van der Waals surface area contributed by atoms with Crippen molar-refractivity contribution in [2.24, 2.45) is 0 Å². The largest absolute Gasteiger partial charge is 0.463 e. The molecule has 18 heavy (non-hydrogen) atoms. The van der Waals surface area contributed by atoms with Gasteiger partial charge in [-0.05, 0) is 12.0 Å². The number of carbonyl (C=O) groups is 1. The van der Waals surface area contributed by atoms with E-state index in [1.807, 2.05) is 37.3 Å². The molecule has 0 amide bonds. The lowest BCUT2D eigenvalue weighted by Crippen LogP contribution is -2.41. The second-order valence-electron chi connectivity index (χ2n) is 4.25. The van der Waals surface area contributed by atoms with E-state index >= 15 is 0 Å². The van der Waals surface area contributed by atoms with Crippen molar-refractivity contribution in [2.75, 3.05) is 13.2 Å². The van der Waals surface area contributed by atoms with Crippen LogP contribution >= 0.6 is 0 Å². The van der Waals surface area contributed by atoms with Crippen LogP contribution in [0.1, 0.15) is 25.8 Å². The number of aliphatic hydroxyl groups excluding tert-OH is 1. The molecule has 0 saturated heterocycles. The van der Waals surface area contributed by atoms with Gasteiger partial charge in [0.2, 0.25) is 0 Å². The van der Waals surface area contributed by atoms with Gasteiger partial charge in [-0.1, -0.05) is 37.3 Å². The van der Waals surface area contributed by atoms with Gasteiger partial charge in [0.05, 0.1) is 13.2 Å². The molecule has 0 aliphatic rings. The SMILES string of the molecule is CC[C@@](CO)(COC(C)=O)OCc1ccccc1. The molecule has 4 nitrogen and oxygen atoms in total. The van der Waals surface area contributed by atoms with Gasteiger partial charge < -0.3 is 14.6 Å². The highest BCUT2D eigenvalue weighted by molar-refractivity contribution is 5.65. The minimum atomic E-state index is -0.818. The van der Waals surface area contributed by atoms with E-state index in [1.54, 1.807) is 0 Å². The third-order valence-corrected chi connectivity index (χ3v) is 2.86. The van der Waals surface area contributed by atoms with Gasteiger partial charge in [-0.2, -0.15) is 0 Å². The summed E-state index contributed by atoms with van der Waals surface area (Å²) in [7, 11) is 0. The zero-order chi connectivity index (χ0) is 13.4. The molecule has 1 atom stereocenters. The highest BCUT2D eigenvalue weighted by Crippen LogP contribution is 2.18. The predicted molar refractivity (Wildman–Crippen MR) is 68.0 cm³/mol. The van der Waals surface area contributed by atoms with Gasteiger partial charge in [0.15, 0.2) is 0 Å². The number of hydrogen-bond donors (Lipinski definition) is 1. The maximum atomic E-state index is 10.8. The van der Waals surface area contributed by atoms with Gasteiger partial charge in [0.25, 0.3) is 0 Å². The zero-order valence-corrected chi connectivity index (χ0v) is 10.9. The van der Waals surface area contributed by atoms with Crippen LogP contribution in [0.4, 0.5) is 0 Å². The molecule has 0 fully saturated rings. The Morgan fingerprint density at radius 3 is 2.50 bits per heavy atom. The average molecular weight is 252 g/mol. The number of esters is 1. The highest BCUT2D eigenvalue weighted by Gasteiger charge is 2.30. The second kappa shape index (κ2) is 7.13. The highest BCUT2D eigenvalue weighted by atomic mass is 16.6. The number of aliphatic hydroxyl groups is 1. The molecule has 100 valence electrons. The summed E-state index contributed by atoms with van der Waals surface area (Å²) in [5, 5.41) is 9.45. The van der Waals surface area contributed by atoms with E-state index in [0.29, 0.717) is 13.0 Å². The van der Waals surface area contributed by atoms with Crippen LogP contribution in [0.25, 0.3) is 0 Å². The second-order valence-corrected chi connectivity index (χ2v) is 4.25. The van der Waals surface area contributed by atoms with Crippen LogP contribution in [0.15, 0.2) is 30.3 Å². The fourth-order valence-corrected chi connectivity index (χ4v) is 1.49. The summed E-state index contributed by atoms with van der Waals surface area (Å²) in [5.41, 5.74) is 0.202. The summed E-state index contributed by atoms with van der Waals surface area (Å²) in [6.45, 7) is 3.52. The molecule has 0 saturated carbocycles. The first kappa shape index (κ1) is 14.7. The first-order valence-corrected chi connectivity index (χ1v) is 6.04. The van der Waals surface area contributed by atoms with E-state index in [4.69, 9.17) is 9.47 Å². The molecule has 1 N–H and O–H groups in total. The Morgan fingerprint density at radius 2 is 2.00 bits per heavy atom. The van der Waals surface area contributed by atoms with E-state index in [2.05, 4.69) is 0 Å². The normalized spacial score (nSPS) is 13.9. The molecule has 1 rings (SSSR count). The Morgan fingerprint density at radius 1 is 1.33 bits per heavy atom. The Bertz CT molecular complexity index is 357. The summed E-state index contributed by atoms with van der Waals surface area (Å²) in [6, 6.07) is 9.68. The van der Waals surface area contributed by atoms with E-state index in [-0.39, 0.29) is 19.2 Å². The van der Waals surface area contributed by atoms with Gasteiger partial charge in [-0.15, -0.1) is 0 Å². The number of benzene rings is 1. The molecular formula is C14H20O4. The van der Waals surface area contributed by atoms with Crippen LogP contribution in [-0.4, -0.2) is 29.9 Å². The third-order valence-electron chi connectivity index (χ3n) is 2.86. The molecule has 0 bridgehead atoms. The van der Waals surface area contributed by atoms with E-state index in [1.165, 1.54) is 6.92 Å². The van der Waals surface area contributed by atoms with Gasteiger partial charge in [0, 0.05) is 6.92 Å². The molecule has 1 aromatic rings. The van der Waals surface area contributed by atoms with Crippen molar-refractivity contribution in [3.05, 3.63) is 35.9 Å². The Hall–Kier alpha value is -1.39. The van der Waals surface area contributed by atoms with Crippen molar-refractivity contribution in [1.82, 2.24) is 0 Å². The van der Waals surface area contributed by atoms with Crippen LogP contribution in [0.3, 0.4) is 0 Å². The molecule has 0 radical (unpaired) electrons. The van der Waals surface area contributed by atoms with Crippen molar-refractivity contribution in [3.8, 4) is 0 Å². The molecule has 0 spiro atoms. The van der Waals surface area contributed by atoms with Gasteiger partial charge >= 0.3 is 5.97 Å². The van der Waals surface area contributed by atoms with Crippen molar-refractivity contribution >= 4 is 5.97 Å². The Kier molecular flexibility index (Phi) is 5.82. The van der Waals surface area contributed by atoms with E-state index in [9.17, 15) is 9.90 Å². The maximum Gasteiger partial charge on any atom is 0.302 e.